The molecule has 0 spiro atoms. The molecule has 0 aliphatic rings. The topological polar surface area (TPSA) is 90.2 Å². The zero-order chi connectivity index (χ0) is 12.1. The molecular weight excluding hydrogens is 266 g/mol. The highest BCUT2D eigenvalue weighted by molar-refractivity contribution is 7.89. The first-order valence-electron chi connectivity index (χ1n) is 4.06. The maximum Gasteiger partial charge on any atom is 0.138 e. The van der Waals surface area contributed by atoms with Gasteiger partial charge in [-0.25, -0.2) is 0 Å². The second kappa shape index (κ2) is 5.85. The Labute approximate surface area is 106 Å². The number of hydrogen-bond acceptors (Lipinski definition) is 4. The highest BCUT2D eigenvalue weighted by Crippen LogP contribution is 2.13. The van der Waals surface area contributed by atoms with Crippen LogP contribution in [-0.4, -0.2) is 18.7 Å². The molecule has 16 heavy (non-hydrogen) atoms. The molecule has 4 N–H and O–H groups in total. The molecule has 1 atom stereocenters. The molecule has 1 unspecified atom stereocenters. The molecule has 0 aliphatic carbocycles. The number of nitrogens with one attached hydrogen (secondary N) is 2. The zero-order valence-electron chi connectivity index (χ0n) is 7.93. The molecule has 5 nitrogen and oxygen atoms in total. The Morgan fingerprint density at radius 3 is 2.19 bits per heavy atom. The van der Waals surface area contributed by atoms with Crippen molar-refractivity contribution in [3.05, 3.63) is 24.3 Å². The van der Waals surface area contributed by atoms with Crippen molar-refractivity contribution in [1.82, 2.24) is 0 Å². The van der Waals surface area contributed by atoms with E-state index >= 15 is 0 Å². The van der Waals surface area contributed by atoms with Crippen LogP contribution in [0.2, 0.25) is 0 Å². The SMILES string of the molecule is NC(=S)C(=S)Nc1ccc(NS(=O)[O-])cc1. The van der Waals surface area contributed by atoms with E-state index in [9.17, 15) is 8.76 Å². The van der Waals surface area contributed by atoms with E-state index in [0.717, 1.165) is 0 Å². The molecule has 0 heterocycles. The lowest BCUT2D eigenvalue weighted by Gasteiger charge is -2.10. The fraction of sp³-hybridized carbons (Fsp3) is 0. The summed E-state index contributed by atoms with van der Waals surface area (Å²) < 4.78 is 22.9. The first-order chi connectivity index (χ1) is 7.49. The van der Waals surface area contributed by atoms with E-state index in [2.05, 4.69) is 22.3 Å². The monoisotopic (exact) mass is 274 g/mol. The lowest BCUT2D eigenvalue weighted by molar-refractivity contribution is 0.542. The summed E-state index contributed by atoms with van der Waals surface area (Å²) in [6.07, 6.45) is 0. The van der Waals surface area contributed by atoms with Gasteiger partial charge in [-0.2, -0.15) is 0 Å². The molecule has 0 aliphatic heterocycles. The summed E-state index contributed by atoms with van der Waals surface area (Å²) in [4.78, 5) is 0.376. The van der Waals surface area contributed by atoms with E-state index in [1.807, 2.05) is 0 Å². The second-order valence-corrected chi connectivity index (χ2v) is 4.25. The van der Waals surface area contributed by atoms with Gasteiger partial charge in [0.1, 0.15) is 9.98 Å². The summed E-state index contributed by atoms with van der Waals surface area (Å²) >= 11 is 7.22. The van der Waals surface area contributed by atoms with Crippen LogP contribution in [0, 0.1) is 0 Å². The van der Waals surface area contributed by atoms with Crippen LogP contribution in [0.3, 0.4) is 0 Å². The highest BCUT2D eigenvalue weighted by atomic mass is 32.2. The summed E-state index contributed by atoms with van der Waals surface area (Å²) in [6, 6.07) is 6.47. The summed E-state index contributed by atoms with van der Waals surface area (Å²) in [5.74, 6) is 0. The fourth-order valence-corrected chi connectivity index (χ4v) is 1.41. The van der Waals surface area contributed by atoms with Gasteiger partial charge in [0.25, 0.3) is 0 Å². The van der Waals surface area contributed by atoms with Crippen molar-refractivity contribution in [1.29, 1.82) is 0 Å². The van der Waals surface area contributed by atoms with Crippen molar-refractivity contribution in [2.45, 2.75) is 0 Å². The summed E-state index contributed by atoms with van der Waals surface area (Å²) in [5, 5.41) is 2.81. The van der Waals surface area contributed by atoms with Crippen LogP contribution in [0.1, 0.15) is 0 Å². The minimum atomic E-state index is -2.33. The molecule has 1 aromatic rings. The van der Waals surface area contributed by atoms with E-state index in [-0.39, 0.29) is 9.98 Å². The molecule has 0 aromatic heterocycles. The quantitative estimate of drug-likeness (QED) is 0.561. The standard InChI is InChI=1S/C8H9N3O2S3/c9-7(14)8(15)10-5-1-3-6(4-2-5)11-16(12)13/h1-4,11H,(H2,9,14)(H,10,15)(H,12,13)/p-1. The van der Waals surface area contributed by atoms with Gasteiger partial charge in [0, 0.05) is 22.6 Å². The number of thiocarbonyl (C=S) groups is 2. The molecule has 8 heteroatoms. The Morgan fingerprint density at radius 2 is 1.75 bits per heavy atom. The third kappa shape index (κ3) is 4.19. The maximum absolute atomic E-state index is 10.3. The predicted molar refractivity (Wildman–Crippen MR) is 72.0 cm³/mol. The van der Waals surface area contributed by atoms with Gasteiger partial charge in [-0.1, -0.05) is 24.4 Å². The number of hydrogen-bond donors (Lipinski definition) is 3. The Kier molecular flexibility index (Phi) is 4.74. The van der Waals surface area contributed by atoms with Gasteiger partial charge >= 0.3 is 0 Å². The third-order valence-electron chi connectivity index (χ3n) is 1.57. The van der Waals surface area contributed by atoms with Crippen LogP contribution in [0.5, 0.6) is 0 Å². The third-order valence-corrected chi connectivity index (χ3v) is 2.63. The van der Waals surface area contributed by atoms with Crippen LogP contribution in [0.4, 0.5) is 11.4 Å². The van der Waals surface area contributed by atoms with Gasteiger partial charge in [-0.3, -0.25) is 4.21 Å². The van der Waals surface area contributed by atoms with Crippen LogP contribution >= 0.6 is 24.4 Å². The predicted octanol–water partition coefficient (Wildman–Crippen LogP) is 0.918. The second-order valence-electron chi connectivity index (χ2n) is 2.73. The summed E-state index contributed by atoms with van der Waals surface area (Å²) in [5.41, 5.74) is 6.45. The number of nitrogens with two attached hydrogens (primary N) is 1. The molecular formula is C8H8N3O2S3-. The van der Waals surface area contributed by atoms with Gasteiger partial charge in [0.05, 0.1) is 0 Å². The average molecular weight is 274 g/mol. The van der Waals surface area contributed by atoms with Crippen LogP contribution < -0.4 is 15.8 Å². The molecule has 0 radical (unpaired) electrons. The van der Waals surface area contributed by atoms with Gasteiger partial charge < -0.3 is 20.3 Å². The van der Waals surface area contributed by atoms with Crippen molar-refractivity contribution in [3.8, 4) is 0 Å². The Morgan fingerprint density at radius 1 is 1.25 bits per heavy atom. The van der Waals surface area contributed by atoms with Crippen molar-refractivity contribution in [3.63, 3.8) is 0 Å². The minimum absolute atomic E-state index is 0.109. The number of rotatable bonds is 3. The van der Waals surface area contributed by atoms with Gasteiger partial charge in [-0.05, 0) is 24.3 Å². The summed E-state index contributed by atoms with van der Waals surface area (Å²) in [7, 11) is 0. The molecule has 1 aromatic carbocycles. The van der Waals surface area contributed by atoms with Gasteiger partial charge in [0.2, 0.25) is 0 Å². The molecule has 1 rings (SSSR count). The molecule has 0 saturated heterocycles. The Hall–Kier alpha value is -1.09. The molecule has 0 fully saturated rings. The summed E-state index contributed by atoms with van der Waals surface area (Å²) in [6.45, 7) is 0. The van der Waals surface area contributed by atoms with Gasteiger partial charge in [-0.15, -0.1) is 0 Å². The highest BCUT2D eigenvalue weighted by Gasteiger charge is 2.00. The van der Waals surface area contributed by atoms with E-state index in [1.54, 1.807) is 24.3 Å². The number of benzene rings is 1. The average Bonchev–Trinajstić information content (AvgIpc) is 2.20. The van der Waals surface area contributed by atoms with Crippen molar-refractivity contribution in [2.24, 2.45) is 5.73 Å². The first-order valence-corrected chi connectivity index (χ1v) is 5.95. The molecule has 86 valence electrons. The first kappa shape index (κ1) is 13.0. The largest absolute Gasteiger partial charge is 0.755 e. The molecule has 0 bridgehead atoms. The van der Waals surface area contributed by atoms with E-state index in [1.165, 1.54) is 0 Å². The van der Waals surface area contributed by atoms with E-state index in [0.29, 0.717) is 11.4 Å². The zero-order valence-corrected chi connectivity index (χ0v) is 10.4. The van der Waals surface area contributed by atoms with Crippen molar-refractivity contribution >= 4 is 57.1 Å². The molecule has 0 amide bonds. The van der Waals surface area contributed by atoms with Crippen LogP contribution in [0.25, 0.3) is 0 Å². The Bertz CT molecular complexity index is 433. The van der Waals surface area contributed by atoms with Crippen molar-refractivity contribution < 1.29 is 8.76 Å². The van der Waals surface area contributed by atoms with E-state index in [4.69, 9.17) is 18.0 Å². The lowest BCUT2D eigenvalue weighted by atomic mass is 10.3. The normalized spacial score (nSPS) is 11.6. The minimum Gasteiger partial charge on any atom is -0.755 e. The Balaban J connectivity index is 2.68. The van der Waals surface area contributed by atoms with Gasteiger partial charge in [0.15, 0.2) is 0 Å². The van der Waals surface area contributed by atoms with Crippen LogP contribution in [0.15, 0.2) is 24.3 Å². The van der Waals surface area contributed by atoms with Crippen molar-refractivity contribution in [2.75, 3.05) is 10.0 Å². The molecule has 0 saturated carbocycles. The van der Waals surface area contributed by atoms with E-state index < -0.39 is 11.3 Å². The maximum atomic E-state index is 10.3. The fourth-order valence-electron chi connectivity index (χ4n) is 0.911. The smallest absolute Gasteiger partial charge is 0.138 e. The van der Waals surface area contributed by atoms with Crippen LogP contribution in [-0.2, 0) is 11.3 Å². The number of anilines is 2. The lowest BCUT2D eigenvalue weighted by Crippen LogP contribution is -2.25.